The van der Waals surface area contributed by atoms with Crippen molar-refractivity contribution in [2.45, 2.75) is 32.6 Å². The van der Waals surface area contributed by atoms with Crippen LogP contribution in [0.4, 0.5) is 5.69 Å². The van der Waals surface area contributed by atoms with Crippen LogP contribution in [0, 0.1) is 5.92 Å². The molecule has 2 nitrogen and oxygen atoms in total. The molecule has 1 saturated heterocycles. The second kappa shape index (κ2) is 6.44. The van der Waals surface area contributed by atoms with E-state index in [0.29, 0.717) is 6.54 Å². The number of anilines is 1. The largest absolute Gasteiger partial charge is 0.371 e. The first kappa shape index (κ1) is 13.7. The fourth-order valence-electron chi connectivity index (χ4n) is 2.93. The highest BCUT2D eigenvalue weighted by atomic mass is 35.5. The van der Waals surface area contributed by atoms with Gasteiger partial charge in [0.2, 0.25) is 0 Å². The number of rotatable bonds is 5. The molecule has 18 heavy (non-hydrogen) atoms. The van der Waals surface area contributed by atoms with Crippen molar-refractivity contribution in [3.63, 3.8) is 0 Å². The molecule has 1 aliphatic heterocycles. The number of hydrogen-bond donors (Lipinski definition) is 1. The summed E-state index contributed by atoms with van der Waals surface area (Å²) in [5.74, 6) is 0.847. The Labute approximate surface area is 115 Å². The monoisotopic (exact) mass is 266 g/mol. The van der Waals surface area contributed by atoms with Gasteiger partial charge in [-0.3, -0.25) is 0 Å². The van der Waals surface area contributed by atoms with Crippen LogP contribution in [0.1, 0.15) is 31.7 Å². The summed E-state index contributed by atoms with van der Waals surface area (Å²) in [6.45, 7) is 5.25. The van der Waals surface area contributed by atoms with Crippen molar-refractivity contribution in [2.24, 2.45) is 11.7 Å². The fraction of sp³-hybridized carbons (Fsp3) is 0.600. The second-order valence-electron chi connectivity index (χ2n) is 5.17. The van der Waals surface area contributed by atoms with Gasteiger partial charge in [-0.2, -0.15) is 0 Å². The van der Waals surface area contributed by atoms with Crippen molar-refractivity contribution in [3.05, 3.63) is 28.8 Å². The SMILES string of the molecule is CCCC1CCN(c2cccc(Cl)c2CCN)C1. The van der Waals surface area contributed by atoms with E-state index in [1.807, 2.05) is 12.1 Å². The van der Waals surface area contributed by atoms with Gasteiger partial charge in [-0.15, -0.1) is 0 Å². The lowest BCUT2D eigenvalue weighted by molar-refractivity contribution is 0.529. The lowest BCUT2D eigenvalue weighted by Gasteiger charge is -2.23. The van der Waals surface area contributed by atoms with E-state index in [1.165, 1.54) is 37.1 Å². The molecule has 3 heteroatoms. The van der Waals surface area contributed by atoms with Gasteiger partial charge in [-0.05, 0) is 49.4 Å². The lowest BCUT2D eigenvalue weighted by atomic mass is 10.0. The molecule has 1 unspecified atom stereocenters. The standard InChI is InChI=1S/C15H23ClN2/c1-2-4-12-8-10-18(11-12)15-6-3-5-14(16)13(15)7-9-17/h3,5-6,12H,2,4,7-11,17H2,1H3. The summed E-state index contributed by atoms with van der Waals surface area (Å²) in [6, 6.07) is 6.20. The van der Waals surface area contributed by atoms with Gasteiger partial charge in [-0.1, -0.05) is 31.0 Å². The Bertz CT molecular complexity index is 392. The minimum atomic E-state index is 0.656. The summed E-state index contributed by atoms with van der Waals surface area (Å²) >= 11 is 6.30. The number of benzene rings is 1. The topological polar surface area (TPSA) is 29.3 Å². The summed E-state index contributed by atoms with van der Waals surface area (Å²) in [4.78, 5) is 2.48. The highest BCUT2D eigenvalue weighted by molar-refractivity contribution is 6.31. The van der Waals surface area contributed by atoms with Crippen LogP contribution in [0.5, 0.6) is 0 Å². The summed E-state index contributed by atoms with van der Waals surface area (Å²) in [7, 11) is 0. The van der Waals surface area contributed by atoms with E-state index in [9.17, 15) is 0 Å². The van der Waals surface area contributed by atoms with E-state index < -0.39 is 0 Å². The Morgan fingerprint density at radius 1 is 1.44 bits per heavy atom. The van der Waals surface area contributed by atoms with Crippen molar-refractivity contribution in [1.29, 1.82) is 0 Å². The van der Waals surface area contributed by atoms with Crippen molar-refractivity contribution in [1.82, 2.24) is 0 Å². The maximum atomic E-state index is 6.30. The zero-order chi connectivity index (χ0) is 13.0. The summed E-state index contributed by atoms with van der Waals surface area (Å²) < 4.78 is 0. The first-order valence-corrected chi connectivity index (χ1v) is 7.36. The van der Waals surface area contributed by atoms with Gasteiger partial charge in [0.25, 0.3) is 0 Å². The van der Waals surface area contributed by atoms with E-state index in [1.54, 1.807) is 0 Å². The average molecular weight is 267 g/mol. The Kier molecular flexibility index (Phi) is 4.90. The summed E-state index contributed by atoms with van der Waals surface area (Å²) in [5.41, 5.74) is 8.21. The molecule has 1 heterocycles. The van der Waals surface area contributed by atoms with Gasteiger partial charge in [-0.25, -0.2) is 0 Å². The van der Waals surface area contributed by atoms with Crippen LogP contribution < -0.4 is 10.6 Å². The predicted molar refractivity (Wildman–Crippen MR) is 79.4 cm³/mol. The van der Waals surface area contributed by atoms with Crippen LogP contribution in [0.15, 0.2) is 18.2 Å². The first-order chi connectivity index (χ1) is 8.76. The minimum absolute atomic E-state index is 0.656. The molecule has 0 amide bonds. The van der Waals surface area contributed by atoms with Crippen molar-refractivity contribution < 1.29 is 0 Å². The molecule has 1 fully saturated rings. The number of hydrogen-bond acceptors (Lipinski definition) is 2. The molecule has 0 aromatic heterocycles. The quantitative estimate of drug-likeness (QED) is 0.884. The molecule has 0 aliphatic carbocycles. The lowest BCUT2D eigenvalue weighted by Crippen LogP contribution is -2.22. The first-order valence-electron chi connectivity index (χ1n) is 6.98. The third-order valence-corrected chi connectivity index (χ3v) is 4.17. The molecule has 1 aromatic rings. The highest BCUT2D eigenvalue weighted by Crippen LogP contribution is 2.32. The Morgan fingerprint density at radius 3 is 3.00 bits per heavy atom. The molecule has 0 spiro atoms. The van der Waals surface area contributed by atoms with Crippen molar-refractivity contribution in [2.75, 3.05) is 24.5 Å². The maximum absolute atomic E-state index is 6.30. The minimum Gasteiger partial charge on any atom is -0.371 e. The normalized spacial score (nSPS) is 19.5. The van der Waals surface area contributed by atoms with Crippen LogP contribution in [0.25, 0.3) is 0 Å². The van der Waals surface area contributed by atoms with Crippen LogP contribution in [-0.2, 0) is 6.42 Å². The predicted octanol–water partition coefficient (Wildman–Crippen LogP) is 3.47. The van der Waals surface area contributed by atoms with E-state index in [2.05, 4.69) is 17.9 Å². The van der Waals surface area contributed by atoms with Crippen LogP contribution in [-0.4, -0.2) is 19.6 Å². The Balaban J connectivity index is 2.16. The zero-order valence-corrected chi connectivity index (χ0v) is 11.9. The second-order valence-corrected chi connectivity index (χ2v) is 5.57. The van der Waals surface area contributed by atoms with E-state index in [-0.39, 0.29) is 0 Å². The fourth-order valence-corrected chi connectivity index (χ4v) is 3.19. The van der Waals surface area contributed by atoms with E-state index in [4.69, 9.17) is 17.3 Å². The van der Waals surface area contributed by atoms with Gasteiger partial charge in [0.15, 0.2) is 0 Å². The smallest absolute Gasteiger partial charge is 0.0459 e. The molecule has 0 saturated carbocycles. The number of nitrogens with two attached hydrogens (primary N) is 1. The molecule has 1 atom stereocenters. The number of halogens is 1. The molecular weight excluding hydrogens is 244 g/mol. The maximum Gasteiger partial charge on any atom is 0.0459 e. The Hall–Kier alpha value is -0.730. The van der Waals surface area contributed by atoms with Crippen molar-refractivity contribution in [3.8, 4) is 0 Å². The van der Waals surface area contributed by atoms with Crippen molar-refractivity contribution >= 4 is 17.3 Å². The molecular formula is C15H23ClN2. The number of nitrogens with zero attached hydrogens (tertiary/aromatic N) is 1. The highest BCUT2D eigenvalue weighted by Gasteiger charge is 2.23. The molecule has 1 aromatic carbocycles. The molecule has 0 radical (unpaired) electrons. The van der Waals surface area contributed by atoms with Crippen LogP contribution in [0.2, 0.25) is 5.02 Å². The van der Waals surface area contributed by atoms with Gasteiger partial charge in [0, 0.05) is 23.8 Å². The molecule has 2 N–H and O–H groups in total. The van der Waals surface area contributed by atoms with Gasteiger partial charge in [0.1, 0.15) is 0 Å². The van der Waals surface area contributed by atoms with Gasteiger partial charge in [0.05, 0.1) is 0 Å². The zero-order valence-electron chi connectivity index (χ0n) is 11.2. The Morgan fingerprint density at radius 2 is 2.28 bits per heavy atom. The molecule has 2 rings (SSSR count). The third kappa shape index (κ3) is 2.99. The van der Waals surface area contributed by atoms with E-state index >= 15 is 0 Å². The van der Waals surface area contributed by atoms with Gasteiger partial charge >= 0.3 is 0 Å². The molecule has 0 bridgehead atoms. The van der Waals surface area contributed by atoms with E-state index in [0.717, 1.165) is 23.9 Å². The molecule has 1 aliphatic rings. The summed E-state index contributed by atoms with van der Waals surface area (Å²) in [6.07, 6.45) is 4.79. The third-order valence-electron chi connectivity index (χ3n) is 3.81. The van der Waals surface area contributed by atoms with Crippen LogP contribution in [0.3, 0.4) is 0 Å². The average Bonchev–Trinajstić information content (AvgIpc) is 2.81. The summed E-state index contributed by atoms with van der Waals surface area (Å²) in [5, 5.41) is 0.858. The van der Waals surface area contributed by atoms with Crippen LogP contribution >= 0.6 is 11.6 Å². The molecule has 100 valence electrons. The van der Waals surface area contributed by atoms with Gasteiger partial charge < -0.3 is 10.6 Å².